The van der Waals surface area contributed by atoms with Gasteiger partial charge in [0.1, 0.15) is 0 Å². The molecule has 1 nitrogen and oxygen atoms in total. The number of benzene rings is 1. The number of aliphatic hydroxyl groups excluding tert-OH is 1. The van der Waals surface area contributed by atoms with Gasteiger partial charge in [0, 0.05) is 0 Å². The highest BCUT2D eigenvalue weighted by atomic mass is 16.2. The van der Waals surface area contributed by atoms with Gasteiger partial charge in [-0.3, -0.25) is 0 Å². The van der Waals surface area contributed by atoms with Crippen LogP contribution in [0.25, 0.3) is 6.08 Å². The van der Waals surface area contributed by atoms with E-state index < -0.39 is 6.04 Å². The lowest BCUT2D eigenvalue weighted by molar-refractivity contribution is 0.343. The molecule has 1 heteroatoms. The Morgan fingerprint density at radius 3 is 2.70 bits per heavy atom. The third-order valence-electron chi connectivity index (χ3n) is 0.909. The lowest BCUT2D eigenvalue weighted by Crippen LogP contribution is -1.72. The molecule has 1 aromatic rings. The highest BCUT2D eigenvalue weighted by Crippen LogP contribution is 1.99. The van der Waals surface area contributed by atoms with Crippen LogP contribution in [0.1, 0.15) is 12.4 Å². The molecular weight excluding hydrogens is 124 g/mol. The zero-order valence-corrected chi connectivity index (χ0v) is 5.31. The maximum atomic E-state index is 8.56. The summed E-state index contributed by atoms with van der Waals surface area (Å²) < 4.78 is 37.1. The van der Waals surface area contributed by atoms with Gasteiger partial charge in [-0.1, -0.05) is 42.4 Å². The van der Waals surface area contributed by atoms with Crippen molar-refractivity contribution in [2.24, 2.45) is 0 Å². The molecule has 0 amide bonds. The minimum atomic E-state index is -0.411. The van der Waals surface area contributed by atoms with Gasteiger partial charge in [-0.2, -0.15) is 0 Å². The molecule has 1 aromatic carbocycles. The van der Waals surface area contributed by atoms with E-state index in [1.165, 1.54) is 12.2 Å². The van der Waals surface area contributed by atoms with Crippen molar-refractivity contribution in [2.45, 2.75) is 0 Å². The Morgan fingerprint density at radius 1 is 1.40 bits per heavy atom. The molecule has 0 atom stereocenters. The smallest absolute Gasteiger partial charge is 0.0629 e. The van der Waals surface area contributed by atoms with E-state index in [-0.39, 0.29) is 36.3 Å². The van der Waals surface area contributed by atoms with Crippen molar-refractivity contribution in [1.29, 1.82) is 0 Å². The van der Waals surface area contributed by atoms with Crippen LogP contribution < -0.4 is 0 Å². The van der Waals surface area contributed by atoms with Gasteiger partial charge in [-0.25, -0.2) is 0 Å². The average Bonchev–Trinajstić information content (AvgIpc) is 2.24. The minimum Gasteiger partial charge on any atom is -0.392 e. The molecule has 1 N–H and O–H groups in total. The number of hydrogen-bond donors (Lipinski definition) is 1. The van der Waals surface area contributed by atoms with Gasteiger partial charge in [0.25, 0.3) is 0 Å². The molecular formula is C9H10O. The van der Waals surface area contributed by atoms with Crippen molar-refractivity contribution in [3.8, 4) is 0 Å². The Morgan fingerprint density at radius 2 is 2.10 bits per heavy atom. The number of hydrogen-bond acceptors (Lipinski definition) is 1. The van der Waals surface area contributed by atoms with Gasteiger partial charge < -0.3 is 5.11 Å². The van der Waals surface area contributed by atoms with Crippen LogP contribution in [0.15, 0.2) is 36.3 Å². The van der Waals surface area contributed by atoms with Crippen LogP contribution in [0.2, 0.25) is 0 Å². The van der Waals surface area contributed by atoms with Crippen molar-refractivity contribution in [3.63, 3.8) is 0 Å². The summed E-state index contributed by atoms with van der Waals surface area (Å²) in [6.45, 7) is -0.234. The Hall–Kier alpha value is -1.08. The van der Waals surface area contributed by atoms with E-state index in [9.17, 15) is 0 Å². The van der Waals surface area contributed by atoms with Gasteiger partial charge in [0.15, 0.2) is 0 Å². The molecule has 0 saturated heterocycles. The van der Waals surface area contributed by atoms with Crippen LogP contribution in [-0.2, 0) is 0 Å². The van der Waals surface area contributed by atoms with Gasteiger partial charge in [-0.05, 0) is 5.56 Å². The molecule has 0 unspecified atom stereocenters. The summed E-state index contributed by atoms with van der Waals surface area (Å²) in [5.41, 5.74) is 0.0926. The SMILES string of the molecule is [2H]c1c([2H])c([2H])c(C=CCO)c([2H])c1[2H]. The fraction of sp³-hybridized carbons (Fsp3) is 0.111. The van der Waals surface area contributed by atoms with Crippen LogP contribution in [0.4, 0.5) is 0 Å². The third kappa shape index (κ3) is 2.03. The standard InChI is InChI=1S/C9H10O/c10-8-4-7-9-5-2-1-3-6-9/h1-7,10H,8H2/i1D,2D,3D,5D,6D. The predicted octanol–water partition coefficient (Wildman–Crippen LogP) is 1.69. The lowest BCUT2D eigenvalue weighted by atomic mass is 10.2. The summed E-state index contributed by atoms with van der Waals surface area (Å²) >= 11 is 0. The molecule has 1 rings (SSSR count). The maximum Gasteiger partial charge on any atom is 0.0629 e. The molecule has 0 aromatic heterocycles. The van der Waals surface area contributed by atoms with E-state index in [0.29, 0.717) is 0 Å². The first kappa shape index (κ1) is 2.89. The second-order valence-corrected chi connectivity index (χ2v) is 1.62. The Labute approximate surface area is 67.7 Å². The molecule has 0 aliphatic rings. The fourth-order valence-corrected chi connectivity index (χ4v) is 0.514. The first-order valence-corrected chi connectivity index (χ1v) is 2.85. The quantitative estimate of drug-likeness (QED) is 0.661. The highest BCUT2D eigenvalue weighted by Gasteiger charge is 1.79. The Kier molecular flexibility index (Phi) is 1.11. The fourth-order valence-electron chi connectivity index (χ4n) is 0.514. The molecule has 0 heterocycles. The highest BCUT2D eigenvalue weighted by molar-refractivity contribution is 5.48. The monoisotopic (exact) mass is 139 g/mol. The minimum absolute atomic E-state index is 0.0926. The molecule has 52 valence electrons. The summed E-state index contributed by atoms with van der Waals surface area (Å²) in [5.74, 6) is 0. The van der Waals surface area contributed by atoms with E-state index in [1.807, 2.05) is 0 Å². The molecule has 0 fully saturated rings. The molecule has 10 heavy (non-hydrogen) atoms. The summed E-state index contributed by atoms with van der Waals surface area (Å²) in [5, 5.41) is 8.56. The zero-order chi connectivity index (χ0) is 11.6. The molecule has 0 saturated carbocycles. The van der Waals surface area contributed by atoms with Crippen molar-refractivity contribution in [2.75, 3.05) is 6.61 Å². The number of aliphatic hydroxyl groups is 1. The van der Waals surface area contributed by atoms with Crippen LogP contribution in [-0.4, -0.2) is 11.7 Å². The average molecular weight is 139 g/mol. The van der Waals surface area contributed by atoms with E-state index in [0.717, 1.165) is 0 Å². The maximum absolute atomic E-state index is 8.56. The van der Waals surface area contributed by atoms with E-state index >= 15 is 0 Å². The van der Waals surface area contributed by atoms with Gasteiger partial charge >= 0.3 is 0 Å². The largest absolute Gasteiger partial charge is 0.392 e. The summed E-state index contributed by atoms with van der Waals surface area (Å²) in [4.78, 5) is 0. The zero-order valence-electron chi connectivity index (χ0n) is 10.3. The third-order valence-corrected chi connectivity index (χ3v) is 0.909. The summed E-state index contributed by atoms with van der Waals surface area (Å²) in [7, 11) is 0. The van der Waals surface area contributed by atoms with Gasteiger partial charge in [-0.15, -0.1) is 0 Å². The van der Waals surface area contributed by atoms with Crippen LogP contribution in [0.5, 0.6) is 0 Å². The van der Waals surface area contributed by atoms with Crippen LogP contribution in [0.3, 0.4) is 0 Å². The van der Waals surface area contributed by atoms with Crippen molar-refractivity contribution >= 4 is 6.08 Å². The lowest BCUT2D eigenvalue weighted by Gasteiger charge is -1.88. The van der Waals surface area contributed by atoms with Gasteiger partial charge in [0.2, 0.25) is 0 Å². The molecule has 0 spiro atoms. The predicted molar refractivity (Wildman–Crippen MR) is 42.6 cm³/mol. The molecule has 0 aliphatic carbocycles. The van der Waals surface area contributed by atoms with E-state index in [2.05, 4.69) is 0 Å². The summed E-state index contributed by atoms with van der Waals surface area (Å²) in [6, 6.07) is -1.66. The number of rotatable bonds is 2. The first-order valence-electron chi connectivity index (χ1n) is 5.35. The first-order chi connectivity index (χ1) is 7.00. The van der Waals surface area contributed by atoms with E-state index in [4.69, 9.17) is 12.0 Å². The molecule has 0 aliphatic heterocycles. The molecule has 0 bridgehead atoms. The topological polar surface area (TPSA) is 20.2 Å². The van der Waals surface area contributed by atoms with Crippen LogP contribution in [0, 0.1) is 0 Å². The summed E-state index contributed by atoms with van der Waals surface area (Å²) in [6.07, 6.45) is 2.65. The van der Waals surface area contributed by atoms with Gasteiger partial charge in [0.05, 0.1) is 13.5 Å². The van der Waals surface area contributed by atoms with Crippen molar-refractivity contribution < 1.29 is 12.0 Å². The van der Waals surface area contributed by atoms with Crippen molar-refractivity contribution in [3.05, 3.63) is 41.9 Å². The Balaban J connectivity index is 3.45. The van der Waals surface area contributed by atoms with Crippen molar-refractivity contribution in [1.82, 2.24) is 0 Å². The second-order valence-electron chi connectivity index (χ2n) is 1.62. The van der Waals surface area contributed by atoms with E-state index in [1.54, 1.807) is 0 Å². The Bertz CT molecular complexity index is 384. The second kappa shape index (κ2) is 3.85. The van der Waals surface area contributed by atoms with Crippen LogP contribution >= 0.6 is 0 Å². The normalized spacial score (nSPS) is 17.5. The molecule has 0 radical (unpaired) electrons.